The number of nitrogens with zero attached hydrogens (tertiary/aromatic N) is 1. The molecule has 0 heterocycles. The third-order valence-corrected chi connectivity index (χ3v) is 4.18. The molecule has 1 N–H and O–H groups in total. The molecule has 0 aliphatic rings. The Morgan fingerprint density at radius 3 is 2.48 bits per heavy atom. The van der Waals surface area contributed by atoms with Crippen molar-refractivity contribution in [2.24, 2.45) is 0 Å². The van der Waals surface area contributed by atoms with Gasteiger partial charge in [0.05, 0.1) is 17.7 Å². The lowest BCUT2D eigenvalue weighted by molar-refractivity contribution is 0.0940. The summed E-state index contributed by atoms with van der Waals surface area (Å²) in [5.41, 5.74) is 3.29. The second-order valence-electron chi connectivity index (χ2n) is 4.89. The van der Waals surface area contributed by atoms with E-state index in [2.05, 4.69) is 27.3 Å². The van der Waals surface area contributed by atoms with Crippen LogP contribution in [0.5, 0.6) is 0 Å². The van der Waals surface area contributed by atoms with Crippen LogP contribution in [0.1, 0.15) is 40.0 Å². The summed E-state index contributed by atoms with van der Waals surface area (Å²) in [6.07, 6.45) is 0. The molecule has 1 atom stereocenters. The fraction of sp³-hybridized carbons (Fsp3) is 0.176. The Balaban J connectivity index is 2.10. The van der Waals surface area contributed by atoms with Gasteiger partial charge in [-0.25, -0.2) is 0 Å². The van der Waals surface area contributed by atoms with Crippen LogP contribution < -0.4 is 5.32 Å². The van der Waals surface area contributed by atoms with Gasteiger partial charge in [-0.1, -0.05) is 34.1 Å². The van der Waals surface area contributed by atoms with Gasteiger partial charge in [0.15, 0.2) is 0 Å². The number of nitriles is 1. The van der Waals surface area contributed by atoms with Gasteiger partial charge in [-0.15, -0.1) is 0 Å². The summed E-state index contributed by atoms with van der Waals surface area (Å²) in [6.45, 7) is 3.90. The Hall–Kier alpha value is -2.12. The molecule has 0 aliphatic heterocycles. The van der Waals surface area contributed by atoms with Crippen LogP contribution in [0.2, 0.25) is 0 Å². The molecule has 21 heavy (non-hydrogen) atoms. The summed E-state index contributed by atoms with van der Waals surface area (Å²) in [5, 5.41) is 11.7. The van der Waals surface area contributed by atoms with E-state index in [4.69, 9.17) is 5.26 Å². The average Bonchev–Trinajstić information content (AvgIpc) is 2.50. The molecule has 2 rings (SSSR count). The standard InChI is InChI=1S/C17H15BrN2O/c1-11-3-6-15(9-16(11)18)17(21)20-12(2)14-7-4-13(10-19)5-8-14/h3-9,12H,1-2H3,(H,20,21). The third-order valence-electron chi connectivity index (χ3n) is 3.32. The average molecular weight is 343 g/mol. The van der Waals surface area contributed by atoms with Crippen LogP contribution in [-0.4, -0.2) is 5.91 Å². The summed E-state index contributed by atoms with van der Waals surface area (Å²) < 4.78 is 0.918. The van der Waals surface area contributed by atoms with Crippen molar-refractivity contribution >= 4 is 21.8 Å². The number of benzene rings is 2. The van der Waals surface area contributed by atoms with E-state index in [1.165, 1.54) is 0 Å². The van der Waals surface area contributed by atoms with Crippen molar-refractivity contribution in [3.05, 3.63) is 69.2 Å². The van der Waals surface area contributed by atoms with Crippen LogP contribution in [0.25, 0.3) is 0 Å². The van der Waals surface area contributed by atoms with Crippen molar-refractivity contribution in [3.63, 3.8) is 0 Å². The molecule has 4 heteroatoms. The van der Waals surface area contributed by atoms with Crippen LogP contribution in [0, 0.1) is 18.3 Å². The molecule has 0 saturated carbocycles. The predicted molar refractivity (Wildman–Crippen MR) is 85.9 cm³/mol. The SMILES string of the molecule is Cc1ccc(C(=O)NC(C)c2ccc(C#N)cc2)cc1Br. The number of halogens is 1. The van der Waals surface area contributed by atoms with Crippen molar-refractivity contribution in [2.75, 3.05) is 0 Å². The zero-order valence-electron chi connectivity index (χ0n) is 11.9. The molecule has 0 fully saturated rings. The van der Waals surface area contributed by atoms with E-state index in [-0.39, 0.29) is 11.9 Å². The number of carbonyl (C=O) groups excluding carboxylic acids is 1. The normalized spacial score (nSPS) is 11.5. The van der Waals surface area contributed by atoms with Gasteiger partial charge in [0.1, 0.15) is 0 Å². The highest BCUT2D eigenvalue weighted by Crippen LogP contribution is 2.19. The van der Waals surface area contributed by atoms with Gasteiger partial charge < -0.3 is 5.32 Å². The largest absolute Gasteiger partial charge is 0.346 e. The molecule has 1 amide bonds. The number of nitrogens with one attached hydrogen (secondary N) is 1. The Morgan fingerprint density at radius 2 is 1.90 bits per heavy atom. The van der Waals surface area contributed by atoms with Gasteiger partial charge in [0.2, 0.25) is 0 Å². The highest BCUT2D eigenvalue weighted by atomic mass is 79.9. The third kappa shape index (κ3) is 3.71. The van der Waals surface area contributed by atoms with Crippen LogP contribution in [0.4, 0.5) is 0 Å². The minimum Gasteiger partial charge on any atom is -0.346 e. The van der Waals surface area contributed by atoms with E-state index in [0.29, 0.717) is 11.1 Å². The lowest BCUT2D eigenvalue weighted by Gasteiger charge is -2.15. The van der Waals surface area contributed by atoms with Gasteiger partial charge >= 0.3 is 0 Å². The minimum absolute atomic E-state index is 0.118. The smallest absolute Gasteiger partial charge is 0.251 e. The molecule has 0 aliphatic carbocycles. The van der Waals surface area contributed by atoms with E-state index in [1.807, 2.05) is 38.1 Å². The number of aryl methyl sites for hydroxylation is 1. The molecular weight excluding hydrogens is 328 g/mol. The molecule has 2 aromatic carbocycles. The molecule has 1 unspecified atom stereocenters. The van der Waals surface area contributed by atoms with Crippen LogP contribution >= 0.6 is 15.9 Å². The number of amides is 1. The summed E-state index contributed by atoms with van der Waals surface area (Å²) in [5.74, 6) is -0.118. The zero-order valence-corrected chi connectivity index (χ0v) is 13.4. The molecule has 106 valence electrons. The highest BCUT2D eigenvalue weighted by Gasteiger charge is 2.12. The molecule has 2 aromatic rings. The van der Waals surface area contributed by atoms with Gasteiger partial charge in [-0.05, 0) is 49.2 Å². The first-order valence-electron chi connectivity index (χ1n) is 6.58. The van der Waals surface area contributed by atoms with Gasteiger partial charge in [0.25, 0.3) is 5.91 Å². The lowest BCUT2D eigenvalue weighted by Crippen LogP contribution is -2.26. The molecule has 0 spiro atoms. The lowest BCUT2D eigenvalue weighted by atomic mass is 10.1. The van der Waals surface area contributed by atoms with Crippen LogP contribution in [-0.2, 0) is 0 Å². The Morgan fingerprint density at radius 1 is 1.24 bits per heavy atom. The van der Waals surface area contributed by atoms with E-state index in [0.717, 1.165) is 15.6 Å². The zero-order chi connectivity index (χ0) is 15.4. The first-order chi connectivity index (χ1) is 10.0. The van der Waals surface area contributed by atoms with Crippen molar-refractivity contribution in [1.82, 2.24) is 5.32 Å². The first-order valence-corrected chi connectivity index (χ1v) is 7.37. The van der Waals surface area contributed by atoms with Crippen LogP contribution in [0.15, 0.2) is 46.9 Å². The molecule has 3 nitrogen and oxygen atoms in total. The fourth-order valence-corrected chi connectivity index (χ4v) is 2.32. The summed E-state index contributed by atoms with van der Waals surface area (Å²) in [6, 6.07) is 14.7. The van der Waals surface area contributed by atoms with Gasteiger partial charge in [-0.3, -0.25) is 4.79 Å². The van der Waals surface area contributed by atoms with Gasteiger partial charge in [-0.2, -0.15) is 5.26 Å². The van der Waals surface area contributed by atoms with Crippen LogP contribution in [0.3, 0.4) is 0 Å². The Labute approximate surface area is 132 Å². The van der Waals surface area contributed by atoms with Crippen molar-refractivity contribution in [3.8, 4) is 6.07 Å². The maximum absolute atomic E-state index is 12.2. The monoisotopic (exact) mass is 342 g/mol. The Bertz CT molecular complexity index is 702. The number of carbonyl (C=O) groups is 1. The molecule has 0 radical (unpaired) electrons. The topological polar surface area (TPSA) is 52.9 Å². The van der Waals surface area contributed by atoms with E-state index < -0.39 is 0 Å². The minimum atomic E-state index is -0.120. The summed E-state index contributed by atoms with van der Waals surface area (Å²) in [4.78, 5) is 12.2. The van der Waals surface area contributed by atoms with Crippen molar-refractivity contribution in [1.29, 1.82) is 5.26 Å². The summed E-state index contributed by atoms with van der Waals surface area (Å²) in [7, 11) is 0. The maximum Gasteiger partial charge on any atom is 0.251 e. The van der Waals surface area contributed by atoms with E-state index in [1.54, 1.807) is 18.2 Å². The van der Waals surface area contributed by atoms with E-state index >= 15 is 0 Å². The molecular formula is C17H15BrN2O. The second kappa shape index (κ2) is 6.55. The van der Waals surface area contributed by atoms with Crippen molar-refractivity contribution < 1.29 is 4.79 Å². The highest BCUT2D eigenvalue weighted by molar-refractivity contribution is 9.10. The first kappa shape index (κ1) is 15.3. The van der Waals surface area contributed by atoms with Crippen molar-refractivity contribution in [2.45, 2.75) is 19.9 Å². The fourth-order valence-electron chi connectivity index (χ4n) is 1.94. The Kier molecular flexibility index (Phi) is 4.77. The van der Waals surface area contributed by atoms with Gasteiger partial charge in [0, 0.05) is 10.0 Å². The molecule has 0 aromatic heterocycles. The summed E-state index contributed by atoms with van der Waals surface area (Å²) >= 11 is 3.43. The predicted octanol–water partition coefficient (Wildman–Crippen LogP) is 4.12. The molecule has 0 saturated heterocycles. The second-order valence-corrected chi connectivity index (χ2v) is 5.75. The quantitative estimate of drug-likeness (QED) is 0.911. The van der Waals surface area contributed by atoms with E-state index in [9.17, 15) is 4.79 Å². The number of hydrogen-bond donors (Lipinski definition) is 1. The number of hydrogen-bond acceptors (Lipinski definition) is 2. The molecule has 0 bridgehead atoms. The number of rotatable bonds is 3. The maximum atomic E-state index is 12.2.